The predicted octanol–water partition coefficient (Wildman–Crippen LogP) is 2.62. The molecule has 0 heterocycles. The third-order valence-electron chi connectivity index (χ3n) is 2.29. The van der Waals surface area contributed by atoms with Gasteiger partial charge in [0.15, 0.2) is 0 Å². The molecule has 1 aromatic rings. The van der Waals surface area contributed by atoms with Crippen LogP contribution in [0.1, 0.15) is 18.9 Å². The SMILES string of the molecule is CNCCC(C)(F)c1ccc(F)cc1. The fourth-order valence-electron chi connectivity index (χ4n) is 1.30. The van der Waals surface area contributed by atoms with Crippen LogP contribution in [0.5, 0.6) is 0 Å². The van der Waals surface area contributed by atoms with E-state index < -0.39 is 5.67 Å². The third-order valence-corrected chi connectivity index (χ3v) is 2.29. The van der Waals surface area contributed by atoms with E-state index in [9.17, 15) is 8.78 Å². The first kappa shape index (κ1) is 11.1. The van der Waals surface area contributed by atoms with Gasteiger partial charge in [-0.15, -0.1) is 0 Å². The van der Waals surface area contributed by atoms with E-state index in [0.717, 1.165) is 0 Å². The van der Waals surface area contributed by atoms with Crippen LogP contribution in [0.25, 0.3) is 0 Å². The monoisotopic (exact) mass is 199 g/mol. The quantitative estimate of drug-likeness (QED) is 0.786. The van der Waals surface area contributed by atoms with E-state index in [-0.39, 0.29) is 5.82 Å². The Balaban J connectivity index is 2.75. The molecule has 0 saturated carbocycles. The van der Waals surface area contributed by atoms with Gasteiger partial charge in [-0.25, -0.2) is 8.78 Å². The molecule has 0 aliphatic rings. The number of nitrogens with one attached hydrogen (secondary N) is 1. The molecule has 1 unspecified atom stereocenters. The molecule has 1 atom stereocenters. The van der Waals surface area contributed by atoms with Crippen molar-refractivity contribution in [1.29, 1.82) is 0 Å². The summed E-state index contributed by atoms with van der Waals surface area (Å²) >= 11 is 0. The number of alkyl halides is 1. The average molecular weight is 199 g/mol. The molecular formula is C11H15F2N. The first-order valence-electron chi connectivity index (χ1n) is 4.66. The molecule has 0 amide bonds. The lowest BCUT2D eigenvalue weighted by atomic mass is 9.94. The van der Waals surface area contributed by atoms with Gasteiger partial charge in [-0.1, -0.05) is 12.1 Å². The number of rotatable bonds is 4. The van der Waals surface area contributed by atoms with E-state index in [1.807, 2.05) is 0 Å². The van der Waals surface area contributed by atoms with Crippen LogP contribution in [-0.4, -0.2) is 13.6 Å². The topological polar surface area (TPSA) is 12.0 Å². The minimum Gasteiger partial charge on any atom is -0.320 e. The molecule has 0 fully saturated rings. The van der Waals surface area contributed by atoms with Crippen LogP contribution in [0.4, 0.5) is 8.78 Å². The van der Waals surface area contributed by atoms with Gasteiger partial charge in [0.25, 0.3) is 0 Å². The molecule has 0 aliphatic carbocycles. The van der Waals surface area contributed by atoms with Crippen LogP contribution < -0.4 is 5.32 Å². The second kappa shape index (κ2) is 4.51. The summed E-state index contributed by atoms with van der Waals surface area (Å²) in [4.78, 5) is 0. The molecule has 1 rings (SSSR count). The Morgan fingerprint density at radius 3 is 2.36 bits per heavy atom. The molecule has 78 valence electrons. The van der Waals surface area contributed by atoms with Crippen molar-refractivity contribution in [3.8, 4) is 0 Å². The van der Waals surface area contributed by atoms with Crippen LogP contribution in [0.15, 0.2) is 24.3 Å². The van der Waals surface area contributed by atoms with E-state index in [1.54, 1.807) is 7.05 Å². The fourth-order valence-corrected chi connectivity index (χ4v) is 1.30. The lowest BCUT2D eigenvalue weighted by molar-refractivity contribution is 0.177. The Morgan fingerprint density at radius 1 is 1.29 bits per heavy atom. The Labute approximate surface area is 83.1 Å². The van der Waals surface area contributed by atoms with Gasteiger partial charge < -0.3 is 5.32 Å². The summed E-state index contributed by atoms with van der Waals surface area (Å²) in [6.07, 6.45) is 0.384. The van der Waals surface area contributed by atoms with Gasteiger partial charge in [-0.2, -0.15) is 0 Å². The highest BCUT2D eigenvalue weighted by atomic mass is 19.1. The zero-order valence-electron chi connectivity index (χ0n) is 8.48. The summed E-state index contributed by atoms with van der Waals surface area (Å²) in [7, 11) is 1.78. The van der Waals surface area contributed by atoms with Crippen molar-refractivity contribution >= 4 is 0 Å². The Kier molecular flexibility index (Phi) is 3.58. The zero-order chi connectivity index (χ0) is 10.6. The number of hydrogen-bond donors (Lipinski definition) is 1. The van der Waals surface area contributed by atoms with E-state index >= 15 is 0 Å². The first-order valence-corrected chi connectivity index (χ1v) is 4.66. The molecule has 0 radical (unpaired) electrons. The van der Waals surface area contributed by atoms with Crippen LogP contribution in [0.2, 0.25) is 0 Å². The maximum atomic E-state index is 14.0. The summed E-state index contributed by atoms with van der Waals surface area (Å²) in [5.41, 5.74) is -0.870. The molecule has 3 heteroatoms. The lowest BCUT2D eigenvalue weighted by Gasteiger charge is -2.20. The Hall–Kier alpha value is -0.960. The summed E-state index contributed by atoms with van der Waals surface area (Å²) in [5.74, 6) is -0.335. The van der Waals surface area contributed by atoms with Gasteiger partial charge >= 0.3 is 0 Å². The third kappa shape index (κ3) is 2.77. The number of halogens is 2. The van der Waals surface area contributed by atoms with Crippen molar-refractivity contribution in [2.24, 2.45) is 0 Å². The summed E-state index contributed by atoms with van der Waals surface area (Å²) in [6.45, 7) is 2.11. The molecule has 0 spiro atoms. The number of benzene rings is 1. The Morgan fingerprint density at radius 2 is 1.86 bits per heavy atom. The van der Waals surface area contributed by atoms with Crippen molar-refractivity contribution in [2.45, 2.75) is 19.0 Å². The lowest BCUT2D eigenvalue weighted by Crippen LogP contribution is -2.22. The molecule has 0 saturated heterocycles. The molecule has 14 heavy (non-hydrogen) atoms. The number of hydrogen-bond acceptors (Lipinski definition) is 1. The molecule has 0 bridgehead atoms. The van der Waals surface area contributed by atoms with Crippen molar-refractivity contribution in [1.82, 2.24) is 5.32 Å². The van der Waals surface area contributed by atoms with Crippen LogP contribution >= 0.6 is 0 Å². The minimum absolute atomic E-state index is 0.335. The summed E-state index contributed by atoms with van der Waals surface area (Å²) in [5, 5.41) is 2.89. The van der Waals surface area contributed by atoms with Gasteiger partial charge in [0.1, 0.15) is 11.5 Å². The highest BCUT2D eigenvalue weighted by molar-refractivity contribution is 5.22. The first-order chi connectivity index (χ1) is 6.56. The molecule has 1 aromatic carbocycles. The maximum absolute atomic E-state index is 14.0. The molecule has 0 aromatic heterocycles. The molecule has 1 N–H and O–H groups in total. The highest BCUT2D eigenvalue weighted by Gasteiger charge is 2.24. The van der Waals surface area contributed by atoms with Crippen molar-refractivity contribution < 1.29 is 8.78 Å². The highest BCUT2D eigenvalue weighted by Crippen LogP contribution is 2.28. The summed E-state index contributed by atoms with van der Waals surface area (Å²) in [6, 6.07) is 5.55. The van der Waals surface area contributed by atoms with Gasteiger partial charge in [0.05, 0.1) is 0 Å². The van der Waals surface area contributed by atoms with Gasteiger partial charge in [0.2, 0.25) is 0 Å². The minimum atomic E-state index is -1.39. The van der Waals surface area contributed by atoms with Crippen LogP contribution in [-0.2, 0) is 5.67 Å². The van der Waals surface area contributed by atoms with Crippen LogP contribution in [0, 0.1) is 5.82 Å². The van der Waals surface area contributed by atoms with Crippen molar-refractivity contribution in [3.63, 3.8) is 0 Å². The van der Waals surface area contributed by atoms with Gasteiger partial charge in [-0.3, -0.25) is 0 Å². The normalized spacial score (nSPS) is 15.1. The maximum Gasteiger partial charge on any atom is 0.134 e. The second-order valence-corrected chi connectivity index (χ2v) is 3.56. The largest absolute Gasteiger partial charge is 0.320 e. The fraction of sp³-hybridized carbons (Fsp3) is 0.455. The van der Waals surface area contributed by atoms with E-state index in [1.165, 1.54) is 31.2 Å². The standard InChI is InChI=1S/C11H15F2N/c1-11(13,7-8-14-2)9-3-5-10(12)6-4-9/h3-6,14H,7-8H2,1-2H3. The smallest absolute Gasteiger partial charge is 0.134 e. The van der Waals surface area contributed by atoms with Crippen LogP contribution in [0.3, 0.4) is 0 Å². The van der Waals surface area contributed by atoms with E-state index in [4.69, 9.17) is 0 Å². The van der Waals surface area contributed by atoms with Crippen molar-refractivity contribution in [2.75, 3.05) is 13.6 Å². The Bertz CT molecular complexity index is 280. The average Bonchev–Trinajstić information content (AvgIpc) is 2.16. The predicted molar refractivity (Wildman–Crippen MR) is 53.4 cm³/mol. The van der Waals surface area contributed by atoms with Crippen molar-refractivity contribution in [3.05, 3.63) is 35.6 Å². The second-order valence-electron chi connectivity index (χ2n) is 3.56. The zero-order valence-corrected chi connectivity index (χ0v) is 8.48. The van der Waals surface area contributed by atoms with E-state index in [2.05, 4.69) is 5.32 Å². The van der Waals surface area contributed by atoms with Gasteiger partial charge in [0, 0.05) is 0 Å². The molecule has 1 nitrogen and oxygen atoms in total. The molecular weight excluding hydrogens is 184 g/mol. The van der Waals surface area contributed by atoms with E-state index in [0.29, 0.717) is 18.5 Å². The van der Waals surface area contributed by atoms with Gasteiger partial charge in [-0.05, 0) is 44.6 Å². The molecule has 0 aliphatic heterocycles. The summed E-state index contributed by atoms with van der Waals surface area (Å²) < 4.78 is 26.6.